The number of aromatic carboxylic acids is 1. The van der Waals surface area contributed by atoms with Crippen molar-refractivity contribution in [1.82, 2.24) is 9.97 Å². The molecule has 1 atom stereocenters. The van der Waals surface area contributed by atoms with Crippen LogP contribution in [0.4, 0.5) is 5.82 Å². The Morgan fingerprint density at radius 1 is 1.53 bits per heavy atom. The predicted octanol–water partition coefficient (Wildman–Crippen LogP) is 1.34. The summed E-state index contributed by atoms with van der Waals surface area (Å²) < 4.78 is 5.36. The van der Waals surface area contributed by atoms with Crippen molar-refractivity contribution in [3.63, 3.8) is 0 Å². The molecule has 1 aromatic rings. The topological polar surface area (TPSA) is 98.3 Å². The molecule has 0 amide bonds. The number of hydrogen-bond acceptors (Lipinski definition) is 5. The zero-order valence-corrected chi connectivity index (χ0v) is 10.4. The average molecular weight is 239 g/mol. The van der Waals surface area contributed by atoms with E-state index in [1.165, 1.54) is 0 Å². The lowest BCUT2D eigenvalue weighted by atomic mass is 10.0. The summed E-state index contributed by atoms with van der Waals surface area (Å²) in [6.07, 6.45) is 0.662. The van der Waals surface area contributed by atoms with Gasteiger partial charge < -0.3 is 15.6 Å². The van der Waals surface area contributed by atoms with Crippen LogP contribution < -0.4 is 5.73 Å². The SMILES string of the molecule is CCC(C)(OC)c1nc(C)c(C(=O)O)c(N)n1. The van der Waals surface area contributed by atoms with Gasteiger partial charge >= 0.3 is 5.97 Å². The summed E-state index contributed by atoms with van der Waals surface area (Å²) in [6.45, 7) is 5.36. The van der Waals surface area contributed by atoms with Crippen LogP contribution in [0, 0.1) is 6.92 Å². The molecule has 6 heteroatoms. The molecule has 0 spiro atoms. The third kappa shape index (κ3) is 2.36. The van der Waals surface area contributed by atoms with Crippen molar-refractivity contribution in [3.8, 4) is 0 Å². The highest BCUT2D eigenvalue weighted by atomic mass is 16.5. The number of anilines is 1. The molecule has 1 rings (SSSR count). The van der Waals surface area contributed by atoms with Crippen molar-refractivity contribution in [2.45, 2.75) is 32.8 Å². The highest BCUT2D eigenvalue weighted by Gasteiger charge is 2.29. The van der Waals surface area contributed by atoms with Crippen molar-refractivity contribution in [1.29, 1.82) is 0 Å². The van der Waals surface area contributed by atoms with Crippen LogP contribution in [-0.4, -0.2) is 28.2 Å². The van der Waals surface area contributed by atoms with Gasteiger partial charge in [-0.3, -0.25) is 0 Å². The quantitative estimate of drug-likeness (QED) is 0.822. The molecule has 0 aliphatic heterocycles. The maximum absolute atomic E-state index is 11.0. The summed E-state index contributed by atoms with van der Waals surface area (Å²) in [4.78, 5) is 19.2. The first kappa shape index (κ1) is 13.4. The van der Waals surface area contributed by atoms with Crippen LogP contribution in [0.15, 0.2) is 0 Å². The minimum atomic E-state index is -1.12. The Bertz CT molecular complexity index is 419. The molecule has 1 aromatic heterocycles. The van der Waals surface area contributed by atoms with Crippen LogP contribution in [0.1, 0.15) is 42.1 Å². The van der Waals surface area contributed by atoms with Gasteiger partial charge in [0.25, 0.3) is 0 Å². The lowest BCUT2D eigenvalue weighted by Gasteiger charge is -2.25. The number of ether oxygens (including phenoxy) is 1. The smallest absolute Gasteiger partial charge is 0.341 e. The minimum Gasteiger partial charge on any atom is -0.477 e. The molecule has 6 nitrogen and oxygen atoms in total. The predicted molar refractivity (Wildman–Crippen MR) is 62.8 cm³/mol. The minimum absolute atomic E-state index is 0.0308. The molecular formula is C11H17N3O3. The van der Waals surface area contributed by atoms with Gasteiger partial charge in [0.2, 0.25) is 0 Å². The summed E-state index contributed by atoms with van der Waals surface area (Å²) in [5.41, 5.74) is 5.28. The molecule has 17 heavy (non-hydrogen) atoms. The summed E-state index contributed by atoms with van der Waals surface area (Å²) in [5.74, 6) is -0.749. The van der Waals surface area contributed by atoms with E-state index in [1.807, 2.05) is 13.8 Å². The van der Waals surface area contributed by atoms with E-state index in [9.17, 15) is 4.79 Å². The third-order valence-corrected chi connectivity index (χ3v) is 2.93. The molecule has 1 unspecified atom stereocenters. The number of methoxy groups -OCH3 is 1. The zero-order chi connectivity index (χ0) is 13.2. The van der Waals surface area contributed by atoms with Gasteiger partial charge in [0.15, 0.2) is 5.82 Å². The molecule has 3 N–H and O–H groups in total. The van der Waals surface area contributed by atoms with Gasteiger partial charge in [-0.25, -0.2) is 14.8 Å². The Morgan fingerprint density at radius 3 is 2.47 bits per heavy atom. The van der Waals surface area contributed by atoms with Crippen LogP contribution in [0.5, 0.6) is 0 Å². The van der Waals surface area contributed by atoms with Gasteiger partial charge in [0.05, 0.1) is 5.69 Å². The number of rotatable bonds is 4. The lowest BCUT2D eigenvalue weighted by Crippen LogP contribution is -2.28. The summed E-state index contributed by atoms with van der Waals surface area (Å²) in [5, 5.41) is 8.96. The first-order chi connectivity index (χ1) is 7.85. The van der Waals surface area contributed by atoms with E-state index >= 15 is 0 Å². The second-order valence-corrected chi connectivity index (χ2v) is 3.99. The highest BCUT2D eigenvalue weighted by Crippen LogP contribution is 2.27. The molecule has 0 fully saturated rings. The number of aromatic nitrogens is 2. The first-order valence-electron chi connectivity index (χ1n) is 5.28. The molecule has 0 radical (unpaired) electrons. The highest BCUT2D eigenvalue weighted by molar-refractivity contribution is 5.93. The van der Waals surface area contributed by atoms with Gasteiger partial charge in [0.1, 0.15) is 17.0 Å². The van der Waals surface area contributed by atoms with Crippen LogP contribution in [-0.2, 0) is 10.3 Å². The number of nitrogens with zero attached hydrogens (tertiary/aromatic N) is 2. The van der Waals surface area contributed by atoms with E-state index in [2.05, 4.69) is 9.97 Å². The van der Waals surface area contributed by atoms with E-state index in [1.54, 1.807) is 14.0 Å². The Morgan fingerprint density at radius 2 is 2.12 bits per heavy atom. The maximum atomic E-state index is 11.0. The van der Waals surface area contributed by atoms with Gasteiger partial charge in [-0.05, 0) is 20.3 Å². The molecule has 1 heterocycles. The number of carbonyl (C=O) groups is 1. The largest absolute Gasteiger partial charge is 0.477 e. The Hall–Kier alpha value is -1.69. The standard InChI is InChI=1S/C11H17N3O3/c1-5-11(3,17-4)10-13-6(2)7(9(15)16)8(12)14-10/h5H2,1-4H3,(H,15,16)(H2,12,13,14). The van der Waals surface area contributed by atoms with Crippen molar-refractivity contribution >= 4 is 11.8 Å². The zero-order valence-electron chi connectivity index (χ0n) is 10.4. The number of aryl methyl sites for hydroxylation is 1. The average Bonchev–Trinajstić information content (AvgIpc) is 2.26. The maximum Gasteiger partial charge on any atom is 0.341 e. The summed E-state index contributed by atoms with van der Waals surface area (Å²) in [6, 6.07) is 0. The van der Waals surface area contributed by atoms with Crippen LogP contribution in [0.2, 0.25) is 0 Å². The molecule has 0 saturated heterocycles. The molecule has 0 saturated carbocycles. The van der Waals surface area contributed by atoms with E-state index < -0.39 is 11.6 Å². The van der Waals surface area contributed by atoms with Crippen molar-refractivity contribution in [2.24, 2.45) is 0 Å². The van der Waals surface area contributed by atoms with Crippen LogP contribution in [0.3, 0.4) is 0 Å². The van der Waals surface area contributed by atoms with Crippen molar-refractivity contribution in [3.05, 3.63) is 17.1 Å². The Kier molecular flexibility index (Phi) is 3.67. The number of nitrogens with two attached hydrogens (primary N) is 1. The van der Waals surface area contributed by atoms with Crippen LogP contribution in [0.25, 0.3) is 0 Å². The van der Waals surface area contributed by atoms with E-state index in [0.29, 0.717) is 17.9 Å². The van der Waals surface area contributed by atoms with E-state index in [-0.39, 0.29) is 11.4 Å². The van der Waals surface area contributed by atoms with Crippen molar-refractivity contribution in [2.75, 3.05) is 12.8 Å². The molecule has 0 aromatic carbocycles. The molecule has 0 aliphatic rings. The summed E-state index contributed by atoms with van der Waals surface area (Å²) >= 11 is 0. The van der Waals surface area contributed by atoms with E-state index in [4.69, 9.17) is 15.6 Å². The fraction of sp³-hybridized carbons (Fsp3) is 0.545. The number of hydrogen-bond donors (Lipinski definition) is 2. The number of nitrogen functional groups attached to an aromatic ring is 1. The normalized spacial score (nSPS) is 14.4. The van der Waals surface area contributed by atoms with Gasteiger partial charge in [-0.1, -0.05) is 6.92 Å². The second-order valence-electron chi connectivity index (χ2n) is 3.99. The third-order valence-electron chi connectivity index (χ3n) is 2.93. The Balaban J connectivity index is 3.37. The second kappa shape index (κ2) is 4.67. The van der Waals surface area contributed by atoms with Crippen molar-refractivity contribution < 1.29 is 14.6 Å². The molecule has 0 aliphatic carbocycles. The molecule has 94 valence electrons. The first-order valence-corrected chi connectivity index (χ1v) is 5.28. The fourth-order valence-corrected chi connectivity index (χ4v) is 1.49. The van der Waals surface area contributed by atoms with E-state index in [0.717, 1.165) is 0 Å². The summed E-state index contributed by atoms with van der Waals surface area (Å²) in [7, 11) is 1.56. The van der Waals surface area contributed by atoms with Gasteiger partial charge in [-0.15, -0.1) is 0 Å². The fourth-order valence-electron chi connectivity index (χ4n) is 1.49. The van der Waals surface area contributed by atoms with Gasteiger partial charge in [-0.2, -0.15) is 0 Å². The van der Waals surface area contributed by atoms with Crippen LogP contribution >= 0.6 is 0 Å². The number of carboxylic acid groups (broad SMARTS) is 1. The molecular weight excluding hydrogens is 222 g/mol. The lowest BCUT2D eigenvalue weighted by molar-refractivity contribution is -0.00905. The monoisotopic (exact) mass is 239 g/mol. The van der Waals surface area contributed by atoms with Gasteiger partial charge in [0, 0.05) is 7.11 Å². The number of carboxylic acids is 1. The Labute approximate surface area is 99.8 Å². The molecule has 0 bridgehead atoms.